The number of benzene rings is 2. The van der Waals surface area contributed by atoms with Crippen molar-refractivity contribution in [3.05, 3.63) is 58.8 Å². The van der Waals surface area contributed by atoms with E-state index < -0.39 is 0 Å². The molecule has 0 fully saturated rings. The van der Waals surface area contributed by atoms with Crippen LogP contribution in [-0.2, 0) is 0 Å². The molecule has 8 heteroatoms. The summed E-state index contributed by atoms with van der Waals surface area (Å²) < 4.78 is 5.14. The Morgan fingerprint density at radius 1 is 0.960 bits per heavy atom. The predicted octanol–water partition coefficient (Wildman–Crippen LogP) is 4.86. The minimum atomic E-state index is 0.365. The van der Waals surface area contributed by atoms with Crippen LogP contribution in [0.25, 0.3) is 0 Å². The second kappa shape index (κ2) is 7.46. The third-order valence-corrected chi connectivity index (χ3v) is 3.97. The van der Waals surface area contributed by atoms with Crippen molar-refractivity contribution in [2.75, 3.05) is 23.5 Å². The Bertz CT molecular complexity index is 887. The normalized spacial score (nSPS) is 10.4. The van der Waals surface area contributed by atoms with E-state index in [0.717, 1.165) is 11.4 Å². The summed E-state index contributed by atoms with van der Waals surface area (Å²) in [4.78, 5) is 8.35. The molecule has 6 nitrogen and oxygen atoms in total. The molecule has 0 amide bonds. The van der Waals surface area contributed by atoms with E-state index in [2.05, 4.69) is 20.6 Å². The van der Waals surface area contributed by atoms with E-state index in [1.54, 1.807) is 25.3 Å². The van der Waals surface area contributed by atoms with Crippen molar-refractivity contribution in [3.8, 4) is 5.75 Å². The molecule has 1 aromatic heterocycles. The quantitative estimate of drug-likeness (QED) is 0.590. The van der Waals surface area contributed by atoms with Gasteiger partial charge in [0.25, 0.3) is 0 Å². The van der Waals surface area contributed by atoms with Crippen LogP contribution in [0.1, 0.15) is 0 Å². The summed E-state index contributed by atoms with van der Waals surface area (Å²) >= 11 is 12.1. The zero-order valence-corrected chi connectivity index (χ0v) is 14.8. The van der Waals surface area contributed by atoms with Gasteiger partial charge in [-0.25, -0.2) is 9.97 Å². The highest BCUT2D eigenvalue weighted by Gasteiger charge is 2.10. The molecule has 0 aliphatic rings. The number of ether oxygens (including phenoxy) is 1. The highest BCUT2D eigenvalue weighted by molar-refractivity contribution is 6.36. The van der Waals surface area contributed by atoms with Crippen LogP contribution in [0.3, 0.4) is 0 Å². The van der Waals surface area contributed by atoms with Gasteiger partial charge in [-0.3, -0.25) is 0 Å². The second-order valence-corrected chi connectivity index (χ2v) is 5.93. The Kier molecular flexibility index (Phi) is 5.11. The lowest BCUT2D eigenvalue weighted by molar-refractivity contribution is 0.415. The monoisotopic (exact) mass is 375 g/mol. The number of nitrogens with zero attached hydrogens (tertiary/aromatic N) is 2. The van der Waals surface area contributed by atoms with E-state index in [4.69, 9.17) is 33.7 Å². The Labute approximate surface area is 155 Å². The van der Waals surface area contributed by atoms with E-state index in [1.807, 2.05) is 24.3 Å². The van der Waals surface area contributed by atoms with Crippen molar-refractivity contribution in [1.82, 2.24) is 9.97 Å². The molecule has 1 heterocycles. The summed E-state index contributed by atoms with van der Waals surface area (Å²) in [5, 5.41) is 7.25. The first-order valence-electron chi connectivity index (χ1n) is 7.30. The average molecular weight is 376 g/mol. The fourth-order valence-corrected chi connectivity index (χ4v) is 2.58. The molecule has 0 saturated carbocycles. The van der Waals surface area contributed by atoms with Gasteiger partial charge < -0.3 is 21.1 Å². The second-order valence-electron chi connectivity index (χ2n) is 5.09. The van der Waals surface area contributed by atoms with Crippen LogP contribution < -0.4 is 21.1 Å². The van der Waals surface area contributed by atoms with Crippen molar-refractivity contribution < 1.29 is 4.74 Å². The number of methoxy groups -OCH3 is 1. The van der Waals surface area contributed by atoms with Gasteiger partial charge in [0, 0.05) is 10.7 Å². The van der Waals surface area contributed by atoms with Crippen molar-refractivity contribution in [2.45, 2.75) is 0 Å². The molecule has 0 saturated heterocycles. The van der Waals surface area contributed by atoms with Crippen LogP contribution in [-0.4, -0.2) is 17.1 Å². The van der Waals surface area contributed by atoms with Crippen molar-refractivity contribution in [2.24, 2.45) is 0 Å². The Balaban J connectivity index is 1.83. The maximum Gasteiger partial charge on any atom is 0.159 e. The van der Waals surface area contributed by atoms with Gasteiger partial charge >= 0.3 is 0 Å². The van der Waals surface area contributed by atoms with Gasteiger partial charge in [-0.1, -0.05) is 23.2 Å². The number of hydrogen-bond donors (Lipinski definition) is 3. The van der Waals surface area contributed by atoms with Crippen molar-refractivity contribution >= 4 is 51.9 Å². The van der Waals surface area contributed by atoms with Gasteiger partial charge in [0.1, 0.15) is 17.8 Å². The van der Waals surface area contributed by atoms with E-state index in [9.17, 15) is 0 Å². The molecule has 0 aliphatic carbocycles. The zero-order valence-electron chi connectivity index (χ0n) is 13.3. The van der Waals surface area contributed by atoms with Crippen LogP contribution in [0, 0.1) is 0 Å². The Hall–Kier alpha value is -2.70. The molecule has 0 bridgehead atoms. The predicted molar refractivity (Wildman–Crippen MR) is 102 cm³/mol. The largest absolute Gasteiger partial charge is 0.497 e. The highest BCUT2D eigenvalue weighted by Crippen LogP contribution is 2.32. The summed E-state index contributed by atoms with van der Waals surface area (Å²) in [7, 11) is 1.62. The van der Waals surface area contributed by atoms with Crippen LogP contribution in [0.15, 0.2) is 48.8 Å². The van der Waals surface area contributed by atoms with Crippen molar-refractivity contribution in [1.29, 1.82) is 0 Å². The number of nitrogens with one attached hydrogen (secondary N) is 2. The van der Waals surface area contributed by atoms with E-state index in [1.165, 1.54) is 6.33 Å². The molecule has 3 rings (SSSR count). The van der Waals surface area contributed by atoms with E-state index in [-0.39, 0.29) is 0 Å². The molecule has 0 aliphatic heterocycles. The van der Waals surface area contributed by atoms with Gasteiger partial charge in [0.05, 0.1) is 17.8 Å². The summed E-state index contributed by atoms with van der Waals surface area (Å²) in [5.41, 5.74) is 8.00. The first-order valence-corrected chi connectivity index (χ1v) is 8.06. The molecular weight excluding hydrogens is 361 g/mol. The van der Waals surface area contributed by atoms with Gasteiger partial charge in [-0.05, 0) is 42.5 Å². The molecule has 128 valence electrons. The van der Waals surface area contributed by atoms with Crippen LogP contribution >= 0.6 is 23.2 Å². The maximum atomic E-state index is 6.17. The number of halogens is 2. The van der Waals surface area contributed by atoms with Gasteiger partial charge in [-0.15, -0.1) is 0 Å². The van der Waals surface area contributed by atoms with E-state index >= 15 is 0 Å². The Morgan fingerprint density at radius 3 is 2.28 bits per heavy atom. The van der Waals surface area contributed by atoms with Crippen LogP contribution in [0.2, 0.25) is 10.0 Å². The molecule has 2 aromatic carbocycles. The fraction of sp³-hybridized carbons (Fsp3) is 0.0588. The standard InChI is InChI=1S/C17H15Cl2N5O/c1-25-12-5-3-11(4-6-12)23-16-15(20)17(22-9-21-16)24-14-7-2-10(18)8-13(14)19/h2-9H,20H2,1H3,(H2,21,22,23,24). The minimum Gasteiger partial charge on any atom is -0.497 e. The third kappa shape index (κ3) is 4.04. The van der Waals surface area contributed by atoms with Gasteiger partial charge in [0.2, 0.25) is 0 Å². The first kappa shape index (κ1) is 17.1. The maximum absolute atomic E-state index is 6.17. The molecule has 0 radical (unpaired) electrons. The van der Waals surface area contributed by atoms with E-state index in [0.29, 0.717) is 33.1 Å². The number of hydrogen-bond acceptors (Lipinski definition) is 6. The molecule has 4 N–H and O–H groups in total. The molecule has 25 heavy (non-hydrogen) atoms. The smallest absolute Gasteiger partial charge is 0.159 e. The number of nitrogen functional groups attached to an aromatic ring is 1. The topological polar surface area (TPSA) is 85.1 Å². The molecule has 0 spiro atoms. The number of nitrogens with two attached hydrogens (primary N) is 1. The summed E-state index contributed by atoms with van der Waals surface area (Å²) in [6.45, 7) is 0. The first-order chi connectivity index (χ1) is 12.1. The van der Waals surface area contributed by atoms with Crippen LogP contribution in [0.5, 0.6) is 5.75 Å². The van der Waals surface area contributed by atoms with Gasteiger partial charge in [-0.2, -0.15) is 0 Å². The van der Waals surface area contributed by atoms with Crippen LogP contribution in [0.4, 0.5) is 28.7 Å². The summed E-state index contributed by atoms with van der Waals surface area (Å²) in [6, 6.07) is 12.5. The lowest BCUT2D eigenvalue weighted by Crippen LogP contribution is -2.05. The molecule has 0 atom stereocenters. The zero-order chi connectivity index (χ0) is 17.8. The van der Waals surface area contributed by atoms with Crippen molar-refractivity contribution in [3.63, 3.8) is 0 Å². The highest BCUT2D eigenvalue weighted by atomic mass is 35.5. The molecule has 3 aromatic rings. The SMILES string of the molecule is COc1ccc(Nc2ncnc(Nc3ccc(Cl)cc3Cl)c2N)cc1. The third-order valence-electron chi connectivity index (χ3n) is 3.42. The summed E-state index contributed by atoms with van der Waals surface area (Å²) in [5.74, 6) is 1.68. The minimum absolute atomic E-state index is 0.365. The summed E-state index contributed by atoms with van der Waals surface area (Å²) in [6.07, 6.45) is 1.41. The van der Waals surface area contributed by atoms with Gasteiger partial charge in [0.15, 0.2) is 11.6 Å². The number of anilines is 5. The number of rotatable bonds is 5. The molecular formula is C17H15Cl2N5O. The molecule has 0 unspecified atom stereocenters. The lowest BCUT2D eigenvalue weighted by atomic mass is 10.3. The Morgan fingerprint density at radius 2 is 1.64 bits per heavy atom. The fourth-order valence-electron chi connectivity index (χ4n) is 2.12. The lowest BCUT2D eigenvalue weighted by Gasteiger charge is -2.13. The number of aromatic nitrogens is 2. The average Bonchev–Trinajstić information content (AvgIpc) is 2.61.